The van der Waals surface area contributed by atoms with Crippen LogP contribution in [0.4, 0.5) is 0 Å². The van der Waals surface area contributed by atoms with Gasteiger partial charge in [-0.3, -0.25) is 9.69 Å². The van der Waals surface area contributed by atoms with Crippen LogP contribution in [0.15, 0.2) is 30.3 Å². The van der Waals surface area contributed by atoms with Crippen molar-refractivity contribution in [2.75, 3.05) is 26.7 Å². The van der Waals surface area contributed by atoms with Crippen LogP contribution in [0.5, 0.6) is 0 Å². The molecular weight excluding hydrogens is 228 g/mol. The van der Waals surface area contributed by atoms with E-state index in [1.165, 1.54) is 5.56 Å². The van der Waals surface area contributed by atoms with Crippen LogP contribution in [-0.4, -0.2) is 53.6 Å². The van der Waals surface area contributed by atoms with Crippen LogP contribution in [-0.2, 0) is 11.3 Å². The number of likely N-dealkylation sites (N-methyl/N-ethyl adjacent to an activating group) is 1. The minimum atomic E-state index is -0.714. The SMILES string of the molecule is CN1CCN(Cc2ccccc2)CC1CC(=O)O. The molecule has 1 aliphatic rings. The Morgan fingerprint density at radius 3 is 2.72 bits per heavy atom. The second-order valence-electron chi connectivity index (χ2n) is 4.95. The van der Waals surface area contributed by atoms with E-state index in [-0.39, 0.29) is 12.5 Å². The van der Waals surface area contributed by atoms with Crippen molar-refractivity contribution in [1.82, 2.24) is 9.80 Å². The molecule has 1 aliphatic heterocycles. The van der Waals surface area contributed by atoms with E-state index in [9.17, 15) is 4.79 Å². The van der Waals surface area contributed by atoms with Crippen LogP contribution >= 0.6 is 0 Å². The van der Waals surface area contributed by atoms with E-state index < -0.39 is 5.97 Å². The molecule has 1 fully saturated rings. The molecule has 1 saturated heterocycles. The van der Waals surface area contributed by atoms with E-state index in [4.69, 9.17) is 5.11 Å². The Morgan fingerprint density at radius 1 is 1.33 bits per heavy atom. The van der Waals surface area contributed by atoms with Gasteiger partial charge in [-0.1, -0.05) is 30.3 Å². The van der Waals surface area contributed by atoms with E-state index in [1.54, 1.807) is 0 Å². The van der Waals surface area contributed by atoms with Crippen LogP contribution in [0.2, 0.25) is 0 Å². The number of aliphatic carboxylic acids is 1. The summed E-state index contributed by atoms with van der Waals surface area (Å²) in [5, 5.41) is 8.91. The van der Waals surface area contributed by atoms with Crippen molar-refractivity contribution in [2.24, 2.45) is 0 Å². The first-order valence-electron chi connectivity index (χ1n) is 6.33. The molecule has 1 unspecified atom stereocenters. The van der Waals surface area contributed by atoms with Crippen molar-refractivity contribution in [1.29, 1.82) is 0 Å². The minimum Gasteiger partial charge on any atom is -0.481 e. The van der Waals surface area contributed by atoms with Crippen LogP contribution in [0.25, 0.3) is 0 Å². The largest absolute Gasteiger partial charge is 0.481 e. The number of carboxylic acids is 1. The molecule has 0 aromatic heterocycles. The molecule has 98 valence electrons. The standard InChI is InChI=1S/C14H20N2O2/c1-15-7-8-16(11-13(15)9-14(17)18)10-12-5-3-2-4-6-12/h2-6,13H,7-11H2,1H3,(H,17,18). The molecule has 1 N–H and O–H groups in total. The Labute approximate surface area is 108 Å². The van der Waals surface area contributed by atoms with Crippen LogP contribution in [0.3, 0.4) is 0 Å². The monoisotopic (exact) mass is 248 g/mol. The van der Waals surface area contributed by atoms with Gasteiger partial charge in [-0.15, -0.1) is 0 Å². The van der Waals surface area contributed by atoms with Gasteiger partial charge in [0.25, 0.3) is 0 Å². The second-order valence-corrected chi connectivity index (χ2v) is 4.95. The Kier molecular flexibility index (Phi) is 4.33. The first-order chi connectivity index (χ1) is 8.65. The molecule has 0 aliphatic carbocycles. The number of carbonyl (C=O) groups is 1. The lowest BCUT2D eigenvalue weighted by atomic mass is 10.1. The highest BCUT2D eigenvalue weighted by Crippen LogP contribution is 2.14. The molecule has 1 atom stereocenters. The third kappa shape index (κ3) is 3.55. The van der Waals surface area contributed by atoms with Crippen molar-refractivity contribution < 1.29 is 9.90 Å². The summed E-state index contributed by atoms with van der Waals surface area (Å²) in [5.41, 5.74) is 1.29. The maximum Gasteiger partial charge on any atom is 0.304 e. The molecule has 0 saturated carbocycles. The molecule has 4 nitrogen and oxygen atoms in total. The van der Waals surface area contributed by atoms with Gasteiger partial charge in [-0.25, -0.2) is 0 Å². The van der Waals surface area contributed by atoms with Crippen LogP contribution in [0, 0.1) is 0 Å². The van der Waals surface area contributed by atoms with Crippen LogP contribution < -0.4 is 0 Å². The predicted octanol–water partition coefficient (Wildman–Crippen LogP) is 1.28. The Balaban J connectivity index is 1.93. The van der Waals surface area contributed by atoms with Gasteiger partial charge in [-0.2, -0.15) is 0 Å². The lowest BCUT2D eigenvalue weighted by Crippen LogP contribution is -2.51. The zero-order chi connectivity index (χ0) is 13.0. The quantitative estimate of drug-likeness (QED) is 0.871. The fourth-order valence-corrected chi connectivity index (χ4v) is 2.42. The molecule has 0 spiro atoms. The van der Waals surface area contributed by atoms with E-state index >= 15 is 0 Å². The van der Waals surface area contributed by atoms with Crippen molar-refractivity contribution in [3.63, 3.8) is 0 Å². The number of carboxylic acid groups (broad SMARTS) is 1. The molecule has 18 heavy (non-hydrogen) atoms. The fraction of sp³-hybridized carbons (Fsp3) is 0.500. The summed E-state index contributed by atoms with van der Waals surface area (Å²) in [5.74, 6) is -0.714. The second kappa shape index (κ2) is 5.98. The Morgan fingerprint density at radius 2 is 2.06 bits per heavy atom. The summed E-state index contributed by atoms with van der Waals surface area (Å²) >= 11 is 0. The number of nitrogens with zero attached hydrogens (tertiary/aromatic N) is 2. The summed E-state index contributed by atoms with van der Waals surface area (Å²) in [6.45, 7) is 3.68. The van der Waals surface area contributed by atoms with Crippen LogP contribution in [0.1, 0.15) is 12.0 Å². The number of hydrogen-bond acceptors (Lipinski definition) is 3. The van der Waals surface area contributed by atoms with E-state index in [2.05, 4.69) is 21.9 Å². The first-order valence-corrected chi connectivity index (χ1v) is 6.33. The van der Waals surface area contributed by atoms with Crippen molar-refractivity contribution in [2.45, 2.75) is 19.0 Å². The minimum absolute atomic E-state index is 0.125. The molecule has 2 rings (SSSR count). The molecule has 1 aromatic rings. The Bertz CT molecular complexity index is 394. The van der Waals surface area contributed by atoms with Gasteiger partial charge in [0.05, 0.1) is 6.42 Å². The highest BCUT2D eigenvalue weighted by Gasteiger charge is 2.25. The molecule has 4 heteroatoms. The molecule has 1 aromatic carbocycles. The Hall–Kier alpha value is -1.39. The van der Waals surface area contributed by atoms with Gasteiger partial charge >= 0.3 is 5.97 Å². The van der Waals surface area contributed by atoms with Crippen molar-refractivity contribution in [3.8, 4) is 0 Å². The maximum atomic E-state index is 10.8. The third-order valence-corrected chi connectivity index (χ3v) is 3.52. The van der Waals surface area contributed by atoms with E-state index in [1.807, 2.05) is 25.2 Å². The topological polar surface area (TPSA) is 43.8 Å². The molecular formula is C14H20N2O2. The number of hydrogen-bond donors (Lipinski definition) is 1. The van der Waals surface area contributed by atoms with Gasteiger partial charge in [0.1, 0.15) is 0 Å². The highest BCUT2D eigenvalue weighted by atomic mass is 16.4. The number of rotatable bonds is 4. The molecule has 1 heterocycles. The molecule has 0 bridgehead atoms. The van der Waals surface area contributed by atoms with E-state index in [0.717, 1.165) is 26.2 Å². The normalized spacial score (nSPS) is 21.9. The van der Waals surface area contributed by atoms with Crippen molar-refractivity contribution in [3.05, 3.63) is 35.9 Å². The van der Waals surface area contributed by atoms with Gasteiger partial charge in [0.15, 0.2) is 0 Å². The number of piperazine rings is 1. The summed E-state index contributed by atoms with van der Waals surface area (Å²) in [7, 11) is 2.01. The summed E-state index contributed by atoms with van der Waals surface area (Å²) < 4.78 is 0. The van der Waals surface area contributed by atoms with E-state index in [0.29, 0.717) is 0 Å². The average Bonchev–Trinajstić information content (AvgIpc) is 2.34. The third-order valence-electron chi connectivity index (χ3n) is 3.52. The zero-order valence-corrected chi connectivity index (χ0v) is 10.7. The summed E-state index contributed by atoms with van der Waals surface area (Å²) in [4.78, 5) is 15.3. The summed E-state index contributed by atoms with van der Waals surface area (Å²) in [6.07, 6.45) is 0.224. The average molecular weight is 248 g/mol. The lowest BCUT2D eigenvalue weighted by Gasteiger charge is -2.38. The van der Waals surface area contributed by atoms with Crippen molar-refractivity contribution >= 4 is 5.97 Å². The first kappa shape index (κ1) is 13.1. The van der Waals surface area contributed by atoms with Gasteiger partial charge in [-0.05, 0) is 12.6 Å². The maximum absolute atomic E-state index is 10.8. The predicted molar refractivity (Wildman–Crippen MR) is 70.4 cm³/mol. The lowest BCUT2D eigenvalue weighted by molar-refractivity contribution is -0.138. The van der Waals surface area contributed by atoms with Gasteiger partial charge < -0.3 is 10.0 Å². The number of benzene rings is 1. The fourth-order valence-electron chi connectivity index (χ4n) is 2.42. The zero-order valence-electron chi connectivity index (χ0n) is 10.7. The molecule has 0 radical (unpaired) electrons. The van der Waals surface area contributed by atoms with Gasteiger partial charge in [0.2, 0.25) is 0 Å². The van der Waals surface area contributed by atoms with Gasteiger partial charge in [0, 0.05) is 32.2 Å². The summed E-state index contributed by atoms with van der Waals surface area (Å²) in [6, 6.07) is 10.5. The molecule has 0 amide bonds. The smallest absolute Gasteiger partial charge is 0.304 e. The highest BCUT2D eigenvalue weighted by molar-refractivity contribution is 5.67.